The molecule has 0 amide bonds. The molecule has 2 aromatic rings. The molecule has 2 rings (SSSR count). The van der Waals surface area contributed by atoms with Gasteiger partial charge in [-0.3, -0.25) is 0 Å². The summed E-state index contributed by atoms with van der Waals surface area (Å²) >= 11 is 5.88. The van der Waals surface area contributed by atoms with Gasteiger partial charge < -0.3 is 19.3 Å². The molecule has 27 heavy (non-hydrogen) atoms. The fourth-order valence-electron chi connectivity index (χ4n) is 2.24. The SMILES string of the molecule is COC(=CCO)C(C)Oc1ccc(Oc2ccc(C(F)(F)F)cc2Cl)cc1. The maximum absolute atomic E-state index is 12.7. The topological polar surface area (TPSA) is 47.9 Å². The molecule has 2 aromatic carbocycles. The van der Waals surface area contributed by atoms with Gasteiger partial charge in [-0.1, -0.05) is 11.6 Å². The normalized spacial score (nSPS) is 13.2. The molecule has 0 aliphatic rings. The van der Waals surface area contributed by atoms with Crippen LogP contribution in [0.3, 0.4) is 0 Å². The van der Waals surface area contributed by atoms with Crippen LogP contribution in [0.1, 0.15) is 12.5 Å². The highest BCUT2D eigenvalue weighted by atomic mass is 35.5. The lowest BCUT2D eigenvalue weighted by Gasteiger charge is -2.17. The summed E-state index contributed by atoms with van der Waals surface area (Å²) < 4.78 is 54.3. The highest BCUT2D eigenvalue weighted by Gasteiger charge is 2.31. The van der Waals surface area contributed by atoms with Gasteiger partial charge >= 0.3 is 6.18 Å². The van der Waals surface area contributed by atoms with Gasteiger partial charge in [0.15, 0.2) is 6.10 Å². The predicted molar refractivity (Wildman–Crippen MR) is 95.2 cm³/mol. The molecule has 0 bridgehead atoms. The summed E-state index contributed by atoms with van der Waals surface area (Å²) in [4.78, 5) is 0. The molecule has 0 radical (unpaired) electrons. The van der Waals surface area contributed by atoms with Crippen molar-refractivity contribution >= 4 is 11.6 Å². The Morgan fingerprint density at radius 1 is 1.15 bits per heavy atom. The number of hydrogen-bond acceptors (Lipinski definition) is 4. The average Bonchev–Trinajstić information content (AvgIpc) is 2.62. The smallest absolute Gasteiger partial charge is 0.416 e. The lowest BCUT2D eigenvalue weighted by atomic mass is 10.2. The van der Waals surface area contributed by atoms with Crippen molar-refractivity contribution < 1.29 is 32.5 Å². The minimum Gasteiger partial charge on any atom is -0.497 e. The fourth-order valence-corrected chi connectivity index (χ4v) is 2.46. The highest BCUT2D eigenvalue weighted by molar-refractivity contribution is 6.32. The van der Waals surface area contributed by atoms with Gasteiger partial charge in [0, 0.05) is 0 Å². The molecule has 0 spiro atoms. The summed E-state index contributed by atoms with van der Waals surface area (Å²) in [6.45, 7) is 1.59. The molecule has 0 aromatic heterocycles. The van der Waals surface area contributed by atoms with Crippen molar-refractivity contribution in [2.75, 3.05) is 13.7 Å². The number of benzene rings is 2. The van der Waals surface area contributed by atoms with Crippen molar-refractivity contribution in [3.8, 4) is 17.2 Å². The molecule has 0 saturated heterocycles. The summed E-state index contributed by atoms with van der Waals surface area (Å²) in [5.41, 5.74) is -0.845. The van der Waals surface area contributed by atoms with E-state index in [2.05, 4.69) is 0 Å². The fraction of sp³-hybridized carbons (Fsp3) is 0.263. The van der Waals surface area contributed by atoms with Gasteiger partial charge in [0.05, 0.1) is 24.3 Å². The molecule has 0 aliphatic heterocycles. The van der Waals surface area contributed by atoms with Crippen LogP contribution in [-0.2, 0) is 10.9 Å². The summed E-state index contributed by atoms with van der Waals surface area (Å²) in [5.74, 6) is 1.50. The van der Waals surface area contributed by atoms with Gasteiger partial charge in [0.25, 0.3) is 0 Å². The van der Waals surface area contributed by atoms with E-state index in [1.807, 2.05) is 0 Å². The summed E-state index contributed by atoms with van der Waals surface area (Å²) in [7, 11) is 1.48. The minimum atomic E-state index is -4.47. The van der Waals surface area contributed by atoms with Gasteiger partial charge in [-0.15, -0.1) is 0 Å². The Morgan fingerprint density at radius 3 is 2.30 bits per heavy atom. The molecular formula is C19H18ClF3O4. The number of rotatable bonds is 7. The van der Waals surface area contributed by atoms with Crippen LogP contribution in [0.25, 0.3) is 0 Å². The monoisotopic (exact) mass is 402 g/mol. The third-order valence-corrected chi connectivity index (χ3v) is 3.85. The van der Waals surface area contributed by atoms with Crippen LogP contribution < -0.4 is 9.47 Å². The van der Waals surface area contributed by atoms with Crippen LogP contribution in [0.15, 0.2) is 54.3 Å². The number of methoxy groups -OCH3 is 1. The van der Waals surface area contributed by atoms with Crippen molar-refractivity contribution in [3.05, 3.63) is 64.9 Å². The lowest BCUT2D eigenvalue weighted by Crippen LogP contribution is -2.16. The molecule has 0 saturated carbocycles. The molecule has 8 heteroatoms. The zero-order valence-corrected chi connectivity index (χ0v) is 15.3. The van der Waals surface area contributed by atoms with Crippen molar-refractivity contribution in [1.82, 2.24) is 0 Å². The average molecular weight is 403 g/mol. The van der Waals surface area contributed by atoms with E-state index in [-0.39, 0.29) is 17.4 Å². The predicted octanol–water partition coefficient (Wildman–Crippen LogP) is 5.44. The van der Waals surface area contributed by atoms with Crippen LogP contribution in [0.5, 0.6) is 17.2 Å². The van der Waals surface area contributed by atoms with Crippen LogP contribution in [0, 0.1) is 0 Å². The molecular weight excluding hydrogens is 385 g/mol. The van der Waals surface area contributed by atoms with E-state index in [9.17, 15) is 13.2 Å². The third kappa shape index (κ3) is 5.80. The van der Waals surface area contributed by atoms with E-state index >= 15 is 0 Å². The number of halogens is 4. The molecule has 1 N–H and O–H groups in total. The van der Waals surface area contributed by atoms with Gasteiger partial charge in [-0.25, -0.2) is 0 Å². The molecule has 146 valence electrons. The van der Waals surface area contributed by atoms with Crippen LogP contribution in [0.2, 0.25) is 5.02 Å². The van der Waals surface area contributed by atoms with Crippen molar-refractivity contribution in [1.29, 1.82) is 0 Å². The van der Waals surface area contributed by atoms with Crippen molar-refractivity contribution in [2.45, 2.75) is 19.2 Å². The zero-order valence-electron chi connectivity index (χ0n) is 14.6. The number of ether oxygens (including phenoxy) is 3. The summed E-state index contributed by atoms with van der Waals surface area (Å²) in [6, 6.07) is 9.35. The Bertz CT molecular complexity index is 789. The van der Waals surface area contributed by atoms with Crippen LogP contribution >= 0.6 is 11.6 Å². The lowest BCUT2D eigenvalue weighted by molar-refractivity contribution is -0.137. The first-order chi connectivity index (χ1) is 12.7. The van der Waals surface area contributed by atoms with Crippen molar-refractivity contribution in [3.63, 3.8) is 0 Å². The van der Waals surface area contributed by atoms with E-state index in [1.54, 1.807) is 31.2 Å². The standard InChI is InChI=1S/C19H18ClF3O4/c1-12(17(25-2)9-10-24)26-14-4-6-15(7-5-14)27-18-8-3-13(11-16(18)20)19(21,22)23/h3-9,11-12,24H,10H2,1-2H3. The second-order valence-corrected chi connectivity index (χ2v) is 5.88. The van der Waals surface area contributed by atoms with E-state index < -0.39 is 17.8 Å². The quantitative estimate of drug-likeness (QED) is 0.626. The number of aliphatic hydroxyl groups is 1. The van der Waals surface area contributed by atoms with E-state index in [4.69, 9.17) is 30.9 Å². The van der Waals surface area contributed by atoms with E-state index in [0.29, 0.717) is 17.3 Å². The van der Waals surface area contributed by atoms with E-state index in [0.717, 1.165) is 12.1 Å². The zero-order chi connectivity index (χ0) is 20.0. The van der Waals surface area contributed by atoms with E-state index in [1.165, 1.54) is 19.3 Å². The number of alkyl halides is 3. The second-order valence-electron chi connectivity index (χ2n) is 5.47. The number of hydrogen-bond donors (Lipinski definition) is 1. The molecule has 0 fully saturated rings. The minimum absolute atomic E-state index is 0.110. The first kappa shape index (κ1) is 20.9. The second kappa shape index (κ2) is 9.01. The highest BCUT2D eigenvalue weighted by Crippen LogP contribution is 2.36. The first-order valence-corrected chi connectivity index (χ1v) is 8.28. The molecule has 1 unspecified atom stereocenters. The number of aliphatic hydroxyl groups excluding tert-OH is 1. The van der Waals surface area contributed by atoms with Gasteiger partial charge in [0.2, 0.25) is 0 Å². The Hall–Kier alpha value is -2.38. The Morgan fingerprint density at radius 2 is 1.78 bits per heavy atom. The van der Waals surface area contributed by atoms with Gasteiger partial charge in [0.1, 0.15) is 23.0 Å². The Balaban J connectivity index is 2.07. The molecule has 0 aliphatic carbocycles. The largest absolute Gasteiger partial charge is 0.497 e. The van der Waals surface area contributed by atoms with Crippen LogP contribution in [-0.4, -0.2) is 24.9 Å². The third-order valence-electron chi connectivity index (χ3n) is 3.55. The molecule has 1 atom stereocenters. The first-order valence-electron chi connectivity index (χ1n) is 7.90. The van der Waals surface area contributed by atoms with Crippen LogP contribution in [0.4, 0.5) is 13.2 Å². The van der Waals surface area contributed by atoms with Gasteiger partial charge in [-0.2, -0.15) is 13.2 Å². The maximum atomic E-state index is 12.7. The van der Waals surface area contributed by atoms with Gasteiger partial charge in [-0.05, 0) is 55.5 Å². The van der Waals surface area contributed by atoms with Crippen molar-refractivity contribution in [2.24, 2.45) is 0 Å². The molecule has 4 nitrogen and oxygen atoms in total. The summed E-state index contributed by atoms with van der Waals surface area (Å²) in [5, 5.41) is 8.80. The summed E-state index contributed by atoms with van der Waals surface area (Å²) in [6.07, 6.45) is -3.39. The Labute approximate surface area is 159 Å². The Kier molecular flexibility index (Phi) is 6.98. The maximum Gasteiger partial charge on any atom is 0.416 e. The molecule has 0 heterocycles.